The molecule has 8 heteroatoms. The van der Waals surface area contributed by atoms with Crippen molar-refractivity contribution in [2.75, 3.05) is 19.7 Å². The Balaban J connectivity index is 1.23. The first-order chi connectivity index (χ1) is 15.1. The highest BCUT2D eigenvalue weighted by Crippen LogP contribution is 2.26. The number of nitrogens with one attached hydrogen (secondary N) is 1. The summed E-state index contributed by atoms with van der Waals surface area (Å²) in [5.74, 6) is -0.978. The number of imide groups is 1. The minimum absolute atomic E-state index is 0.107. The number of carbonyl (C=O) groups excluding carboxylic acids is 3. The summed E-state index contributed by atoms with van der Waals surface area (Å²) in [7, 11) is 0. The third kappa shape index (κ3) is 3.70. The third-order valence-corrected chi connectivity index (χ3v) is 5.72. The summed E-state index contributed by atoms with van der Waals surface area (Å²) in [5, 5.41) is 2.86. The largest absolute Gasteiger partial charge is 0.376 e. The molecule has 1 unspecified atom stereocenters. The summed E-state index contributed by atoms with van der Waals surface area (Å²) in [6.07, 6.45) is 6.12. The van der Waals surface area contributed by atoms with Gasteiger partial charge in [-0.3, -0.25) is 19.3 Å². The lowest BCUT2D eigenvalue weighted by Crippen LogP contribution is -2.36. The number of ether oxygens (including phenoxy) is 1. The van der Waals surface area contributed by atoms with E-state index in [1.807, 2.05) is 35.0 Å². The highest BCUT2D eigenvalue weighted by Gasteiger charge is 2.37. The van der Waals surface area contributed by atoms with Crippen molar-refractivity contribution < 1.29 is 19.1 Å². The fraction of sp³-hybridized carbons (Fsp3) is 0.304. The predicted octanol–water partition coefficient (Wildman–Crippen LogP) is 2.08. The number of carbonyl (C=O) groups is 3. The average Bonchev–Trinajstić information content (AvgIpc) is 3.49. The van der Waals surface area contributed by atoms with Crippen molar-refractivity contribution in [1.29, 1.82) is 0 Å². The predicted molar refractivity (Wildman–Crippen MR) is 112 cm³/mol. The SMILES string of the molecule is O=C(NCCc1cn2ccccc2n1)c1ccc2c(c1)C(=O)N(CC1CCCO1)C2=O. The summed E-state index contributed by atoms with van der Waals surface area (Å²) in [4.78, 5) is 43.7. The van der Waals surface area contributed by atoms with Crippen LogP contribution in [0.15, 0.2) is 48.8 Å². The van der Waals surface area contributed by atoms with Crippen molar-refractivity contribution in [3.63, 3.8) is 0 Å². The molecule has 0 aliphatic carbocycles. The van der Waals surface area contributed by atoms with Crippen LogP contribution in [-0.2, 0) is 11.2 Å². The van der Waals surface area contributed by atoms with Crippen molar-refractivity contribution in [3.05, 3.63) is 71.2 Å². The molecule has 158 valence electrons. The highest BCUT2D eigenvalue weighted by atomic mass is 16.5. The van der Waals surface area contributed by atoms with E-state index in [1.54, 1.807) is 12.1 Å². The molecular weight excluding hydrogens is 396 g/mol. The maximum Gasteiger partial charge on any atom is 0.261 e. The molecule has 2 aliphatic heterocycles. The van der Waals surface area contributed by atoms with Crippen LogP contribution in [0.2, 0.25) is 0 Å². The normalized spacial score (nSPS) is 18.1. The van der Waals surface area contributed by atoms with E-state index >= 15 is 0 Å². The second-order valence-corrected chi connectivity index (χ2v) is 7.82. The van der Waals surface area contributed by atoms with Crippen LogP contribution in [0.5, 0.6) is 0 Å². The number of hydrogen-bond acceptors (Lipinski definition) is 5. The van der Waals surface area contributed by atoms with Gasteiger partial charge in [0.1, 0.15) is 5.65 Å². The molecule has 3 aromatic rings. The number of fused-ring (bicyclic) bond motifs is 2. The zero-order valence-electron chi connectivity index (χ0n) is 16.9. The standard InChI is InChI=1S/C23H22N4O4/c28-21(24-9-8-16-13-26-10-2-1-5-20(26)25-16)15-6-7-18-19(12-15)23(30)27(22(18)29)14-17-4-3-11-31-17/h1-2,5-7,10,12-13,17H,3-4,8-9,11,14H2,(H,24,28). The number of hydrogen-bond donors (Lipinski definition) is 1. The van der Waals surface area contributed by atoms with Crippen LogP contribution < -0.4 is 5.32 Å². The van der Waals surface area contributed by atoms with Gasteiger partial charge in [-0.15, -0.1) is 0 Å². The monoisotopic (exact) mass is 418 g/mol. The van der Waals surface area contributed by atoms with Crippen LogP contribution >= 0.6 is 0 Å². The second-order valence-electron chi connectivity index (χ2n) is 7.82. The van der Waals surface area contributed by atoms with Crippen molar-refractivity contribution >= 4 is 23.4 Å². The molecule has 5 rings (SSSR count). The van der Waals surface area contributed by atoms with Gasteiger partial charge in [0.25, 0.3) is 17.7 Å². The van der Waals surface area contributed by atoms with Gasteiger partial charge in [0.2, 0.25) is 0 Å². The molecule has 3 amide bonds. The molecule has 1 fully saturated rings. The Morgan fingerprint density at radius 1 is 1.16 bits per heavy atom. The number of benzene rings is 1. The molecule has 0 bridgehead atoms. The number of nitrogens with zero attached hydrogens (tertiary/aromatic N) is 3. The molecule has 0 spiro atoms. The summed E-state index contributed by atoms with van der Waals surface area (Å²) in [6.45, 7) is 1.33. The summed E-state index contributed by atoms with van der Waals surface area (Å²) < 4.78 is 7.49. The maximum absolute atomic E-state index is 12.8. The van der Waals surface area contributed by atoms with Crippen molar-refractivity contribution in [1.82, 2.24) is 19.6 Å². The Morgan fingerprint density at radius 3 is 2.84 bits per heavy atom. The second kappa shape index (κ2) is 7.96. The topological polar surface area (TPSA) is 93.0 Å². The third-order valence-electron chi connectivity index (χ3n) is 5.72. The number of pyridine rings is 1. The average molecular weight is 418 g/mol. The number of rotatable bonds is 6. The fourth-order valence-electron chi connectivity index (χ4n) is 4.10. The first-order valence-corrected chi connectivity index (χ1v) is 10.4. The Labute approximate surface area is 178 Å². The fourth-order valence-corrected chi connectivity index (χ4v) is 4.10. The van der Waals surface area contributed by atoms with Crippen LogP contribution in [0.4, 0.5) is 0 Å². The van der Waals surface area contributed by atoms with Gasteiger partial charge in [-0.05, 0) is 43.2 Å². The van der Waals surface area contributed by atoms with Crippen molar-refractivity contribution in [2.24, 2.45) is 0 Å². The quantitative estimate of drug-likeness (QED) is 0.619. The molecule has 1 N–H and O–H groups in total. The van der Waals surface area contributed by atoms with E-state index in [4.69, 9.17) is 4.74 Å². The van der Waals surface area contributed by atoms with E-state index in [2.05, 4.69) is 10.3 Å². The molecule has 1 aromatic carbocycles. The Kier molecular flexibility index (Phi) is 4.99. The lowest BCUT2D eigenvalue weighted by Gasteiger charge is -2.17. The van der Waals surface area contributed by atoms with E-state index in [0.29, 0.717) is 30.7 Å². The van der Waals surface area contributed by atoms with Gasteiger partial charge in [-0.1, -0.05) is 6.07 Å². The van der Waals surface area contributed by atoms with Crippen LogP contribution in [0, 0.1) is 0 Å². The summed E-state index contributed by atoms with van der Waals surface area (Å²) >= 11 is 0. The molecular formula is C23H22N4O4. The van der Waals surface area contributed by atoms with Gasteiger partial charge in [0.05, 0.1) is 29.5 Å². The molecule has 0 saturated carbocycles. The van der Waals surface area contributed by atoms with E-state index in [0.717, 1.165) is 24.2 Å². The first-order valence-electron chi connectivity index (χ1n) is 10.4. The zero-order chi connectivity index (χ0) is 21.4. The van der Waals surface area contributed by atoms with E-state index in [-0.39, 0.29) is 35.9 Å². The number of aromatic nitrogens is 2. The lowest BCUT2D eigenvalue weighted by molar-refractivity contribution is 0.0475. The zero-order valence-corrected chi connectivity index (χ0v) is 16.9. The molecule has 4 heterocycles. The Morgan fingerprint density at radius 2 is 2.03 bits per heavy atom. The van der Waals surface area contributed by atoms with Crippen LogP contribution in [0.1, 0.15) is 49.6 Å². The van der Waals surface area contributed by atoms with Gasteiger partial charge in [0.15, 0.2) is 0 Å². The minimum Gasteiger partial charge on any atom is -0.376 e. The summed E-state index contributed by atoms with van der Waals surface area (Å²) in [6, 6.07) is 10.4. The molecule has 0 radical (unpaired) electrons. The molecule has 2 aromatic heterocycles. The van der Waals surface area contributed by atoms with Crippen molar-refractivity contribution in [3.8, 4) is 0 Å². The Bertz CT molecular complexity index is 1150. The van der Waals surface area contributed by atoms with Gasteiger partial charge in [-0.25, -0.2) is 4.98 Å². The smallest absolute Gasteiger partial charge is 0.261 e. The molecule has 31 heavy (non-hydrogen) atoms. The Hall–Kier alpha value is -3.52. The van der Waals surface area contributed by atoms with Gasteiger partial charge in [-0.2, -0.15) is 0 Å². The van der Waals surface area contributed by atoms with E-state index < -0.39 is 0 Å². The van der Waals surface area contributed by atoms with Crippen LogP contribution in [0.3, 0.4) is 0 Å². The lowest BCUT2D eigenvalue weighted by atomic mass is 10.1. The molecule has 8 nitrogen and oxygen atoms in total. The van der Waals surface area contributed by atoms with E-state index in [1.165, 1.54) is 11.0 Å². The van der Waals surface area contributed by atoms with Crippen LogP contribution in [-0.4, -0.2) is 57.8 Å². The molecule has 1 saturated heterocycles. The number of amides is 3. The first kappa shape index (κ1) is 19.4. The minimum atomic E-state index is -0.366. The van der Waals surface area contributed by atoms with Gasteiger partial charge < -0.3 is 14.5 Å². The highest BCUT2D eigenvalue weighted by molar-refractivity contribution is 6.22. The van der Waals surface area contributed by atoms with Gasteiger partial charge in [0, 0.05) is 37.5 Å². The van der Waals surface area contributed by atoms with Crippen LogP contribution in [0.25, 0.3) is 5.65 Å². The summed E-state index contributed by atoms with van der Waals surface area (Å²) in [5.41, 5.74) is 2.71. The maximum atomic E-state index is 12.8. The van der Waals surface area contributed by atoms with Gasteiger partial charge >= 0.3 is 0 Å². The molecule has 1 atom stereocenters. The van der Waals surface area contributed by atoms with E-state index in [9.17, 15) is 14.4 Å². The number of imidazole rings is 1. The van der Waals surface area contributed by atoms with Crippen molar-refractivity contribution in [2.45, 2.75) is 25.4 Å². The molecule has 2 aliphatic rings.